The fraction of sp³-hybridized carbons (Fsp3) is 0.211. The van der Waals surface area contributed by atoms with Crippen LogP contribution in [0.3, 0.4) is 0 Å². The second-order valence-corrected chi connectivity index (χ2v) is 5.04. The normalized spacial score (nSPS) is 10.0. The van der Waals surface area contributed by atoms with Crippen molar-refractivity contribution in [3.63, 3.8) is 0 Å². The van der Waals surface area contributed by atoms with Crippen LogP contribution in [0.5, 0.6) is 5.75 Å². The van der Waals surface area contributed by atoms with Crippen molar-refractivity contribution in [3.8, 4) is 5.75 Å². The fourth-order valence-electron chi connectivity index (χ4n) is 2.34. The first-order chi connectivity index (χ1) is 10.7. The van der Waals surface area contributed by atoms with Crippen LogP contribution < -0.4 is 4.74 Å². The molecule has 114 valence electrons. The Labute approximate surface area is 131 Å². The number of nitrogens with zero attached hydrogens (tertiary/aromatic N) is 1. The minimum atomic E-state index is 0.0632. The standard InChI is InChI=1S/C19H21NO2/c1-3-13-20(15-16-9-5-4-6-10-16)19(21)14-17-11-7-8-12-18(17)22-2/h3-12H,1,13-15H2,2H3. The zero-order valence-electron chi connectivity index (χ0n) is 12.9. The first kappa shape index (κ1) is 15.8. The van der Waals surface area contributed by atoms with E-state index in [0.29, 0.717) is 19.5 Å². The average Bonchev–Trinajstić information content (AvgIpc) is 2.56. The Morgan fingerprint density at radius 3 is 2.50 bits per heavy atom. The minimum Gasteiger partial charge on any atom is -0.496 e. The van der Waals surface area contributed by atoms with Gasteiger partial charge in [-0.05, 0) is 11.6 Å². The molecule has 0 aromatic heterocycles. The molecule has 0 aliphatic rings. The third-order valence-corrected chi connectivity index (χ3v) is 3.45. The van der Waals surface area contributed by atoms with Gasteiger partial charge in [0.05, 0.1) is 13.5 Å². The van der Waals surface area contributed by atoms with Crippen molar-refractivity contribution < 1.29 is 9.53 Å². The summed E-state index contributed by atoms with van der Waals surface area (Å²) >= 11 is 0. The van der Waals surface area contributed by atoms with Gasteiger partial charge in [-0.15, -0.1) is 6.58 Å². The molecule has 1 amide bonds. The molecule has 2 rings (SSSR count). The summed E-state index contributed by atoms with van der Waals surface area (Å²) in [5.74, 6) is 0.808. The molecule has 0 fully saturated rings. The van der Waals surface area contributed by atoms with Crippen LogP contribution in [0.15, 0.2) is 67.3 Å². The number of para-hydroxylation sites is 1. The molecule has 0 N–H and O–H groups in total. The third kappa shape index (κ3) is 4.22. The molecule has 0 aliphatic carbocycles. The molecule has 3 nitrogen and oxygen atoms in total. The van der Waals surface area contributed by atoms with Gasteiger partial charge in [-0.3, -0.25) is 4.79 Å². The zero-order chi connectivity index (χ0) is 15.8. The van der Waals surface area contributed by atoms with Crippen molar-refractivity contribution in [3.05, 3.63) is 78.4 Å². The fourth-order valence-corrected chi connectivity index (χ4v) is 2.34. The van der Waals surface area contributed by atoms with Gasteiger partial charge in [0.2, 0.25) is 5.91 Å². The molecule has 22 heavy (non-hydrogen) atoms. The smallest absolute Gasteiger partial charge is 0.227 e. The van der Waals surface area contributed by atoms with Crippen molar-refractivity contribution in [1.82, 2.24) is 4.90 Å². The Morgan fingerprint density at radius 1 is 1.14 bits per heavy atom. The Hall–Kier alpha value is -2.55. The van der Waals surface area contributed by atoms with Crippen LogP contribution in [0.25, 0.3) is 0 Å². The van der Waals surface area contributed by atoms with Gasteiger partial charge in [0.1, 0.15) is 5.75 Å². The van der Waals surface area contributed by atoms with Crippen molar-refractivity contribution in [2.75, 3.05) is 13.7 Å². The van der Waals surface area contributed by atoms with E-state index < -0.39 is 0 Å². The number of methoxy groups -OCH3 is 1. The molecule has 2 aromatic rings. The summed E-state index contributed by atoms with van der Waals surface area (Å²) in [4.78, 5) is 14.4. The number of hydrogen-bond acceptors (Lipinski definition) is 2. The molecule has 2 aromatic carbocycles. The van der Waals surface area contributed by atoms with Crippen LogP contribution in [0, 0.1) is 0 Å². The maximum absolute atomic E-state index is 12.6. The summed E-state index contributed by atoms with van der Waals surface area (Å²) in [6.45, 7) is 4.86. The number of benzene rings is 2. The second-order valence-electron chi connectivity index (χ2n) is 5.04. The minimum absolute atomic E-state index is 0.0632. The van der Waals surface area contributed by atoms with Crippen molar-refractivity contribution in [1.29, 1.82) is 0 Å². The van der Waals surface area contributed by atoms with Crippen LogP contribution in [0.2, 0.25) is 0 Å². The molecule has 3 heteroatoms. The van der Waals surface area contributed by atoms with E-state index in [-0.39, 0.29) is 5.91 Å². The Kier molecular flexibility index (Phi) is 5.78. The average molecular weight is 295 g/mol. The SMILES string of the molecule is C=CCN(Cc1ccccc1)C(=O)Cc1ccccc1OC. The second kappa shape index (κ2) is 8.03. The lowest BCUT2D eigenvalue weighted by Gasteiger charge is -2.22. The maximum Gasteiger partial charge on any atom is 0.227 e. The number of ether oxygens (including phenoxy) is 1. The predicted octanol–water partition coefficient (Wildman–Crippen LogP) is 3.45. The van der Waals surface area contributed by atoms with Crippen LogP contribution in [0.4, 0.5) is 0 Å². The lowest BCUT2D eigenvalue weighted by atomic mass is 10.1. The molecule has 0 bridgehead atoms. The largest absolute Gasteiger partial charge is 0.496 e. The van der Waals surface area contributed by atoms with E-state index in [0.717, 1.165) is 16.9 Å². The molecule has 0 atom stereocenters. The highest BCUT2D eigenvalue weighted by atomic mass is 16.5. The number of hydrogen-bond donors (Lipinski definition) is 0. The molecular weight excluding hydrogens is 274 g/mol. The first-order valence-electron chi connectivity index (χ1n) is 7.29. The van der Waals surface area contributed by atoms with E-state index >= 15 is 0 Å². The Morgan fingerprint density at radius 2 is 1.82 bits per heavy atom. The lowest BCUT2D eigenvalue weighted by Crippen LogP contribution is -2.32. The van der Waals surface area contributed by atoms with Gasteiger partial charge >= 0.3 is 0 Å². The number of rotatable bonds is 7. The van der Waals surface area contributed by atoms with Gasteiger partial charge in [-0.25, -0.2) is 0 Å². The van der Waals surface area contributed by atoms with Crippen LogP contribution >= 0.6 is 0 Å². The Balaban J connectivity index is 2.11. The Bertz CT molecular complexity index is 622. The predicted molar refractivity (Wildman–Crippen MR) is 88.8 cm³/mol. The summed E-state index contributed by atoms with van der Waals surface area (Å²) in [5.41, 5.74) is 2.01. The van der Waals surface area contributed by atoms with Crippen LogP contribution in [-0.2, 0) is 17.8 Å². The summed E-state index contributed by atoms with van der Waals surface area (Å²) in [5, 5.41) is 0. The molecule has 0 unspecified atom stereocenters. The third-order valence-electron chi connectivity index (χ3n) is 3.45. The van der Waals surface area contributed by atoms with E-state index in [4.69, 9.17) is 4.74 Å². The van der Waals surface area contributed by atoms with E-state index in [1.165, 1.54) is 0 Å². The van der Waals surface area contributed by atoms with Crippen molar-refractivity contribution in [2.24, 2.45) is 0 Å². The highest BCUT2D eigenvalue weighted by molar-refractivity contribution is 5.79. The van der Waals surface area contributed by atoms with E-state index in [9.17, 15) is 4.79 Å². The quantitative estimate of drug-likeness (QED) is 0.732. The topological polar surface area (TPSA) is 29.5 Å². The molecule has 0 radical (unpaired) electrons. The summed E-state index contributed by atoms with van der Waals surface area (Å²) in [7, 11) is 1.62. The lowest BCUT2D eigenvalue weighted by molar-refractivity contribution is -0.130. The highest BCUT2D eigenvalue weighted by Gasteiger charge is 2.15. The maximum atomic E-state index is 12.6. The molecule has 0 saturated carbocycles. The number of carbonyl (C=O) groups is 1. The number of carbonyl (C=O) groups excluding carboxylic acids is 1. The van der Waals surface area contributed by atoms with Crippen LogP contribution in [-0.4, -0.2) is 24.5 Å². The van der Waals surface area contributed by atoms with E-state index in [2.05, 4.69) is 6.58 Å². The van der Waals surface area contributed by atoms with Crippen molar-refractivity contribution in [2.45, 2.75) is 13.0 Å². The van der Waals surface area contributed by atoms with Crippen LogP contribution in [0.1, 0.15) is 11.1 Å². The number of amides is 1. The molecule has 0 saturated heterocycles. The van der Waals surface area contributed by atoms with Gasteiger partial charge in [0, 0.05) is 18.7 Å². The van der Waals surface area contributed by atoms with Gasteiger partial charge in [0.15, 0.2) is 0 Å². The molecule has 0 heterocycles. The van der Waals surface area contributed by atoms with Gasteiger partial charge in [0.25, 0.3) is 0 Å². The van der Waals surface area contributed by atoms with Gasteiger partial charge < -0.3 is 9.64 Å². The van der Waals surface area contributed by atoms with E-state index in [1.54, 1.807) is 18.1 Å². The summed E-state index contributed by atoms with van der Waals surface area (Å²) in [6.07, 6.45) is 2.08. The summed E-state index contributed by atoms with van der Waals surface area (Å²) < 4.78 is 5.31. The zero-order valence-corrected chi connectivity index (χ0v) is 12.9. The van der Waals surface area contributed by atoms with Gasteiger partial charge in [-0.2, -0.15) is 0 Å². The van der Waals surface area contributed by atoms with Crippen molar-refractivity contribution >= 4 is 5.91 Å². The molecule has 0 aliphatic heterocycles. The van der Waals surface area contributed by atoms with Gasteiger partial charge in [-0.1, -0.05) is 54.6 Å². The highest BCUT2D eigenvalue weighted by Crippen LogP contribution is 2.19. The first-order valence-corrected chi connectivity index (χ1v) is 7.29. The monoisotopic (exact) mass is 295 g/mol. The molecule has 0 spiro atoms. The summed E-state index contributed by atoms with van der Waals surface area (Å²) in [6, 6.07) is 17.6. The molecular formula is C19H21NO2. The van der Waals surface area contributed by atoms with E-state index in [1.807, 2.05) is 54.6 Å².